The van der Waals surface area contributed by atoms with Gasteiger partial charge in [-0.2, -0.15) is 0 Å². The minimum absolute atomic E-state index is 0.000326. The van der Waals surface area contributed by atoms with Crippen LogP contribution in [0, 0.1) is 5.82 Å². The van der Waals surface area contributed by atoms with Gasteiger partial charge in [-0.3, -0.25) is 9.69 Å². The highest BCUT2D eigenvalue weighted by Crippen LogP contribution is 2.08. The Bertz CT molecular complexity index is 367. The number of carbonyl (C=O) groups excluding carboxylic acids is 1. The Morgan fingerprint density at radius 2 is 2.06 bits per heavy atom. The third-order valence-corrected chi connectivity index (χ3v) is 2.54. The average Bonchev–Trinajstić information content (AvgIpc) is 2.30. The fraction of sp³-hybridized carbons (Fsp3) is 0.417. The number of aliphatic hydroxyl groups excluding tert-OH is 1. The first kappa shape index (κ1) is 13.6. The molecule has 1 rings (SSSR count). The highest BCUT2D eigenvalue weighted by atomic mass is 19.1. The van der Waals surface area contributed by atoms with Crippen molar-refractivity contribution in [3.8, 4) is 0 Å². The van der Waals surface area contributed by atoms with Crippen LogP contribution in [0.5, 0.6) is 0 Å². The fourth-order valence-corrected chi connectivity index (χ4v) is 1.26. The van der Waals surface area contributed by atoms with Gasteiger partial charge in [0.15, 0.2) is 0 Å². The summed E-state index contributed by atoms with van der Waals surface area (Å²) in [6.07, 6.45) is 0. The fourth-order valence-electron chi connectivity index (χ4n) is 1.26. The van der Waals surface area contributed by atoms with Crippen LogP contribution in [0.1, 0.15) is 6.92 Å². The Balaban J connectivity index is 2.47. The lowest BCUT2D eigenvalue weighted by Gasteiger charge is -2.21. The molecule has 94 valence electrons. The van der Waals surface area contributed by atoms with Crippen LogP contribution in [0.2, 0.25) is 0 Å². The van der Waals surface area contributed by atoms with Gasteiger partial charge in [0.1, 0.15) is 5.82 Å². The third kappa shape index (κ3) is 4.50. The van der Waals surface area contributed by atoms with Crippen LogP contribution in [0.3, 0.4) is 0 Å². The number of likely N-dealkylation sites (N-methyl/N-ethyl adjacent to an activating group) is 1. The first-order valence-corrected chi connectivity index (χ1v) is 5.39. The monoisotopic (exact) mass is 240 g/mol. The van der Waals surface area contributed by atoms with Gasteiger partial charge in [-0.15, -0.1) is 0 Å². The summed E-state index contributed by atoms with van der Waals surface area (Å²) in [5, 5.41) is 11.6. The molecule has 0 heterocycles. The number of carbonyl (C=O) groups is 1. The summed E-state index contributed by atoms with van der Waals surface area (Å²) in [6, 6.07) is 5.51. The second-order valence-corrected chi connectivity index (χ2v) is 4.00. The van der Waals surface area contributed by atoms with E-state index in [4.69, 9.17) is 5.11 Å². The lowest BCUT2D eigenvalue weighted by Crippen LogP contribution is -2.38. The number of nitrogens with zero attached hydrogens (tertiary/aromatic N) is 1. The maximum atomic E-state index is 12.6. The van der Waals surface area contributed by atoms with E-state index in [1.54, 1.807) is 11.9 Å². The first-order chi connectivity index (χ1) is 8.02. The minimum atomic E-state index is -0.339. The second-order valence-electron chi connectivity index (χ2n) is 4.00. The van der Waals surface area contributed by atoms with E-state index in [2.05, 4.69) is 5.32 Å². The Labute approximate surface area is 100 Å². The number of anilines is 1. The van der Waals surface area contributed by atoms with Crippen molar-refractivity contribution in [1.82, 2.24) is 4.90 Å². The molecule has 0 aromatic heterocycles. The largest absolute Gasteiger partial charge is 0.395 e. The summed E-state index contributed by atoms with van der Waals surface area (Å²) in [4.78, 5) is 13.3. The van der Waals surface area contributed by atoms with Crippen molar-refractivity contribution < 1.29 is 14.3 Å². The zero-order valence-electron chi connectivity index (χ0n) is 9.98. The molecule has 0 aliphatic heterocycles. The van der Waals surface area contributed by atoms with E-state index in [-0.39, 0.29) is 30.9 Å². The lowest BCUT2D eigenvalue weighted by molar-refractivity contribution is -0.117. The average molecular weight is 240 g/mol. The van der Waals surface area contributed by atoms with Gasteiger partial charge < -0.3 is 10.4 Å². The molecule has 0 saturated heterocycles. The van der Waals surface area contributed by atoms with Gasteiger partial charge in [-0.05, 0) is 38.2 Å². The van der Waals surface area contributed by atoms with E-state index in [1.165, 1.54) is 24.3 Å². The first-order valence-electron chi connectivity index (χ1n) is 5.39. The summed E-state index contributed by atoms with van der Waals surface area (Å²) < 4.78 is 12.6. The number of hydrogen-bond acceptors (Lipinski definition) is 3. The smallest absolute Gasteiger partial charge is 0.238 e. The Morgan fingerprint density at radius 1 is 1.47 bits per heavy atom. The van der Waals surface area contributed by atoms with Crippen molar-refractivity contribution in [1.29, 1.82) is 0 Å². The predicted octanol–water partition coefficient (Wildman–Crippen LogP) is 1.08. The van der Waals surface area contributed by atoms with Crippen LogP contribution >= 0.6 is 0 Å². The van der Waals surface area contributed by atoms with E-state index in [0.29, 0.717) is 5.69 Å². The van der Waals surface area contributed by atoms with Crippen LogP contribution in [0.25, 0.3) is 0 Å². The molecule has 0 fully saturated rings. The highest BCUT2D eigenvalue weighted by molar-refractivity contribution is 5.92. The van der Waals surface area contributed by atoms with Crippen molar-refractivity contribution in [3.05, 3.63) is 30.1 Å². The van der Waals surface area contributed by atoms with Crippen LogP contribution in [0.15, 0.2) is 24.3 Å². The number of hydrogen-bond donors (Lipinski definition) is 2. The van der Waals surface area contributed by atoms with E-state index in [1.807, 2.05) is 6.92 Å². The van der Waals surface area contributed by atoms with Crippen LogP contribution in [0.4, 0.5) is 10.1 Å². The number of aliphatic hydroxyl groups is 1. The van der Waals surface area contributed by atoms with Gasteiger partial charge in [0.25, 0.3) is 0 Å². The molecule has 1 unspecified atom stereocenters. The Morgan fingerprint density at radius 3 is 2.59 bits per heavy atom. The molecule has 1 aromatic carbocycles. The normalized spacial score (nSPS) is 12.5. The summed E-state index contributed by atoms with van der Waals surface area (Å²) in [5.74, 6) is -0.534. The molecule has 5 heteroatoms. The highest BCUT2D eigenvalue weighted by Gasteiger charge is 2.12. The molecule has 4 nitrogen and oxygen atoms in total. The van der Waals surface area contributed by atoms with Crippen molar-refractivity contribution >= 4 is 11.6 Å². The van der Waals surface area contributed by atoms with Gasteiger partial charge in [0.05, 0.1) is 13.2 Å². The zero-order valence-corrected chi connectivity index (χ0v) is 9.98. The maximum Gasteiger partial charge on any atom is 0.238 e. The molecule has 1 aromatic rings. The Hall–Kier alpha value is -1.46. The van der Waals surface area contributed by atoms with E-state index < -0.39 is 0 Å². The molecule has 17 heavy (non-hydrogen) atoms. The second kappa shape index (κ2) is 6.32. The molecular weight excluding hydrogens is 223 g/mol. The molecule has 0 spiro atoms. The summed E-state index contributed by atoms with van der Waals surface area (Å²) in [5.41, 5.74) is 0.557. The number of rotatable bonds is 5. The molecule has 1 atom stereocenters. The minimum Gasteiger partial charge on any atom is -0.395 e. The Kier molecular flexibility index (Phi) is 5.06. The van der Waals surface area contributed by atoms with Crippen molar-refractivity contribution in [2.45, 2.75) is 13.0 Å². The number of amides is 1. The molecule has 1 amide bonds. The van der Waals surface area contributed by atoms with Crippen molar-refractivity contribution in [2.75, 3.05) is 25.5 Å². The quantitative estimate of drug-likeness (QED) is 0.809. The molecule has 0 bridgehead atoms. The molecule has 0 aliphatic carbocycles. The predicted molar refractivity (Wildman–Crippen MR) is 64.2 cm³/mol. The third-order valence-electron chi connectivity index (χ3n) is 2.54. The van der Waals surface area contributed by atoms with Gasteiger partial charge in [-0.1, -0.05) is 0 Å². The molecule has 0 aliphatic rings. The van der Waals surface area contributed by atoms with Crippen LogP contribution in [-0.4, -0.2) is 42.2 Å². The van der Waals surface area contributed by atoms with Gasteiger partial charge >= 0.3 is 0 Å². The number of halogens is 1. The van der Waals surface area contributed by atoms with Crippen LogP contribution < -0.4 is 5.32 Å². The number of benzene rings is 1. The van der Waals surface area contributed by atoms with Crippen LogP contribution in [-0.2, 0) is 4.79 Å². The maximum absolute atomic E-state index is 12.6. The van der Waals surface area contributed by atoms with E-state index >= 15 is 0 Å². The van der Waals surface area contributed by atoms with Crippen molar-refractivity contribution in [2.24, 2.45) is 0 Å². The SMILES string of the molecule is CC(CO)N(C)CC(=O)Nc1ccc(F)cc1. The molecular formula is C12H17FN2O2. The number of nitrogens with one attached hydrogen (secondary N) is 1. The summed E-state index contributed by atoms with van der Waals surface area (Å²) in [6.45, 7) is 2.00. The topological polar surface area (TPSA) is 52.6 Å². The molecule has 0 radical (unpaired) electrons. The molecule has 0 saturated carbocycles. The van der Waals surface area contributed by atoms with E-state index in [0.717, 1.165) is 0 Å². The van der Waals surface area contributed by atoms with Gasteiger partial charge in [-0.25, -0.2) is 4.39 Å². The zero-order chi connectivity index (χ0) is 12.8. The van der Waals surface area contributed by atoms with Gasteiger partial charge in [0.2, 0.25) is 5.91 Å². The van der Waals surface area contributed by atoms with E-state index in [9.17, 15) is 9.18 Å². The van der Waals surface area contributed by atoms with Gasteiger partial charge in [0, 0.05) is 11.7 Å². The molecule has 2 N–H and O–H groups in total. The summed E-state index contributed by atoms with van der Waals surface area (Å²) in [7, 11) is 1.76. The van der Waals surface area contributed by atoms with Crippen molar-refractivity contribution in [3.63, 3.8) is 0 Å². The summed E-state index contributed by atoms with van der Waals surface area (Å²) >= 11 is 0. The standard InChI is InChI=1S/C12H17FN2O2/c1-9(8-16)15(2)7-12(17)14-11-5-3-10(13)4-6-11/h3-6,9,16H,7-8H2,1-2H3,(H,14,17). The lowest BCUT2D eigenvalue weighted by atomic mass is 10.3.